The van der Waals surface area contributed by atoms with E-state index in [-0.39, 0.29) is 11.8 Å². The first-order valence-electron chi connectivity index (χ1n) is 9.95. The lowest BCUT2D eigenvalue weighted by Crippen LogP contribution is -2.37. The molecule has 12 heteroatoms. The van der Waals surface area contributed by atoms with Gasteiger partial charge in [-0.25, -0.2) is 9.82 Å². The summed E-state index contributed by atoms with van der Waals surface area (Å²) in [5, 5.41) is 7.36. The van der Waals surface area contributed by atoms with E-state index < -0.39 is 0 Å². The number of hydrogen-bond donors (Lipinski definition) is 2. The number of ether oxygens (including phenoxy) is 2. The first-order chi connectivity index (χ1) is 16.0. The van der Waals surface area contributed by atoms with Crippen LogP contribution in [-0.2, 0) is 4.74 Å². The average molecular weight is 581 g/mol. The Labute approximate surface area is 206 Å². The van der Waals surface area contributed by atoms with Gasteiger partial charge in [0.1, 0.15) is 11.6 Å². The van der Waals surface area contributed by atoms with Gasteiger partial charge in [0.2, 0.25) is 17.8 Å². The van der Waals surface area contributed by atoms with Crippen LogP contribution in [0.2, 0.25) is 0 Å². The smallest absolute Gasteiger partial charge is 0.250 e. The van der Waals surface area contributed by atoms with Crippen LogP contribution < -0.4 is 20.4 Å². The van der Waals surface area contributed by atoms with Crippen molar-refractivity contribution >= 4 is 61.6 Å². The molecule has 0 bridgehead atoms. The largest absolute Gasteiger partial charge is 0.495 e. The maximum absolute atomic E-state index is 13.3. The summed E-state index contributed by atoms with van der Waals surface area (Å²) in [6.45, 7) is 2.49. The first kappa shape index (κ1) is 23.3. The van der Waals surface area contributed by atoms with Crippen molar-refractivity contribution < 1.29 is 13.9 Å². The third-order valence-electron chi connectivity index (χ3n) is 4.63. The zero-order valence-electron chi connectivity index (χ0n) is 17.6. The molecule has 2 aromatic carbocycles. The Hall–Kier alpha value is -2.83. The fraction of sp³-hybridized carbons (Fsp3) is 0.238. The molecule has 172 valence electrons. The fourth-order valence-electron chi connectivity index (χ4n) is 3.09. The van der Waals surface area contributed by atoms with Crippen molar-refractivity contribution in [3.63, 3.8) is 0 Å². The number of rotatable bonds is 7. The molecule has 0 atom stereocenters. The number of halogens is 3. The maximum atomic E-state index is 13.3. The van der Waals surface area contributed by atoms with Gasteiger partial charge in [-0.1, -0.05) is 15.9 Å². The second kappa shape index (κ2) is 10.9. The second-order valence-electron chi connectivity index (χ2n) is 6.89. The van der Waals surface area contributed by atoms with Gasteiger partial charge in [-0.15, -0.1) is 0 Å². The number of aromatic nitrogens is 3. The molecule has 1 fully saturated rings. The highest BCUT2D eigenvalue weighted by Gasteiger charge is 2.17. The van der Waals surface area contributed by atoms with Gasteiger partial charge in [0.15, 0.2) is 0 Å². The number of methoxy groups -OCH3 is 1. The summed E-state index contributed by atoms with van der Waals surface area (Å²) in [6, 6.07) is 9.70. The van der Waals surface area contributed by atoms with E-state index in [1.807, 2.05) is 17.0 Å². The van der Waals surface area contributed by atoms with Crippen LogP contribution >= 0.6 is 31.9 Å². The minimum Gasteiger partial charge on any atom is -0.495 e. The number of nitrogens with one attached hydrogen (secondary N) is 2. The summed E-state index contributed by atoms with van der Waals surface area (Å²) in [4.78, 5) is 15.4. The molecule has 0 unspecified atom stereocenters. The fourth-order valence-corrected chi connectivity index (χ4v) is 4.51. The summed E-state index contributed by atoms with van der Waals surface area (Å²) >= 11 is 6.94. The monoisotopic (exact) mass is 579 g/mol. The van der Waals surface area contributed by atoms with Crippen LogP contribution in [0, 0.1) is 5.82 Å². The topological polar surface area (TPSA) is 96.8 Å². The number of hydrogen-bond acceptors (Lipinski definition) is 9. The predicted molar refractivity (Wildman–Crippen MR) is 132 cm³/mol. The molecule has 0 amide bonds. The lowest BCUT2D eigenvalue weighted by molar-refractivity contribution is 0.122. The highest BCUT2D eigenvalue weighted by atomic mass is 79.9. The zero-order valence-corrected chi connectivity index (χ0v) is 20.7. The van der Waals surface area contributed by atoms with Crippen LogP contribution in [0.4, 0.5) is 27.9 Å². The van der Waals surface area contributed by atoms with Crippen molar-refractivity contribution in [2.24, 2.45) is 5.10 Å². The summed E-state index contributed by atoms with van der Waals surface area (Å²) in [6.07, 6.45) is 1.61. The van der Waals surface area contributed by atoms with Crippen LogP contribution in [0.5, 0.6) is 5.75 Å². The van der Waals surface area contributed by atoms with E-state index in [2.05, 4.69) is 62.7 Å². The summed E-state index contributed by atoms with van der Waals surface area (Å²) in [5.41, 5.74) is 4.26. The molecule has 1 aliphatic heterocycles. The molecule has 1 aromatic heterocycles. The third kappa shape index (κ3) is 6.15. The van der Waals surface area contributed by atoms with Gasteiger partial charge in [0.25, 0.3) is 0 Å². The zero-order chi connectivity index (χ0) is 23.2. The summed E-state index contributed by atoms with van der Waals surface area (Å²) in [5.74, 6) is 1.36. The Bertz CT molecular complexity index is 1140. The standard InChI is InChI=1S/C21H20Br2FN7O2/c1-32-18-13(10-14(22)11-17(18)23)12-25-30-20-27-19(26-16-4-2-15(24)3-5-16)28-21(29-20)31-6-8-33-9-7-31/h2-5,10-12H,6-9H2,1H3,(H2,26,27,28,29,30)/b25-12-. The number of nitrogens with zero attached hydrogens (tertiary/aromatic N) is 5. The van der Waals surface area contributed by atoms with Crippen LogP contribution in [0.25, 0.3) is 0 Å². The van der Waals surface area contributed by atoms with Crippen molar-refractivity contribution in [1.29, 1.82) is 0 Å². The molecule has 3 aromatic rings. The molecule has 1 saturated heterocycles. The van der Waals surface area contributed by atoms with Crippen molar-refractivity contribution in [1.82, 2.24) is 15.0 Å². The van der Waals surface area contributed by atoms with Crippen molar-refractivity contribution in [3.05, 3.63) is 56.7 Å². The molecule has 4 rings (SSSR count). The first-order valence-corrected chi connectivity index (χ1v) is 11.5. The highest BCUT2D eigenvalue weighted by Crippen LogP contribution is 2.31. The predicted octanol–water partition coefficient (Wildman–Crippen LogP) is 4.57. The minimum atomic E-state index is -0.323. The van der Waals surface area contributed by atoms with Gasteiger partial charge < -0.3 is 19.7 Å². The second-order valence-corrected chi connectivity index (χ2v) is 8.66. The van der Waals surface area contributed by atoms with E-state index >= 15 is 0 Å². The molecular weight excluding hydrogens is 561 g/mol. The number of anilines is 4. The molecule has 2 N–H and O–H groups in total. The minimum absolute atomic E-state index is 0.250. The van der Waals surface area contributed by atoms with E-state index in [9.17, 15) is 4.39 Å². The third-order valence-corrected chi connectivity index (χ3v) is 5.67. The number of benzene rings is 2. The van der Waals surface area contributed by atoms with E-state index in [4.69, 9.17) is 9.47 Å². The van der Waals surface area contributed by atoms with E-state index in [0.29, 0.717) is 49.6 Å². The van der Waals surface area contributed by atoms with Crippen LogP contribution in [0.15, 0.2) is 50.4 Å². The van der Waals surface area contributed by atoms with E-state index in [1.54, 1.807) is 25.5 Å². The molecule has 2 heterocycles. The number of morpholine rings is 1. The van der Waals surface area contributed by atoms with Crippen molar-refractivity contribution in [2.45, 2.75) is 0 Å². The quantitative estimate of drug-likeness (QED) is 0.310. The molecule has 0 spiro atoms. The molecule has 0 radical (unpaired) electrons. The lowest BCUT2D eigenvalue weighted by Gasteiger charge is -2.27. The van der Waals surface area contributed by atoms with Crippen molar-refractivity contribution in [2.75, 3.05) is 49.1 Å². The van der Waals surface area contributed by atoms with Gasteiger partial charge in [0, 0.05) is 28.8 Å². The van der Waals surface area contributed by atoms with Gasteiger partial charge >= 0.3 is 0 Å². The van der Waals surface area contributed by atoms with Crippen LogP contribution in [0.3, 0.4) is 0 Å². The molecule has 9 nitrogen and oxygen atoms in total. The Morgan fingerprint density at radius 1 is 1.09 bits per heavy atom. The Morgan fingerprint density at radius 3 is 2.55 bits per heavy atom. The van der Waals surface area contributed by atoms with Crippen LogP contribution in [0.1, 0.15) is 5.56 Å². The maximum Gasteiger partial charge on any atom is 0.250 e. The molecule has 0 aliphatic carbocycles. The summed E-state index contributed by atoms with van der Waals surface area (Å²) in [7, 11) is 1.59. The molecule has 0 saturated carbocycles. The van der Waals surface area contributed by atoms with Gasteiger partial charge in [-0.05, 0) is 52.3 Å². The normalized spacial score (nSPS) is 13.9. The van der Waals surface area contributed by atoms with Gasteiger partial charge in [-0.2, -0.15) is 20.1 Å². The van der Waals surface area contributed by atoms with E-state index in [1.165, 1.54) is 12.1 Å². The molecular formula is C21H20Br2FN7O2. The summed E-state index contributed by atoms with van der Waals surface area (Å²) < 4.78 is 25.8. The van der Waals surface area contributed by atoms with E-state index in [0.717, 1.165) is 14.5 Å². The average Bonchev–Trinajstić information content (AvgIpc) is 2.81. The Morgan fingerprint density at radius 2 is 1.82 bits per heavy atom. The van der Waals surface area contributed by atoms with Gasteiger partial charge in [-0.3, -0.25) is 0 Å². The number of hydrazone groups is 1. The lowest BCUT2D eigenvalue weighted by atomic mass is 10.2. The Kier molecular flexibility index (Phi) is 7.68. The highest BCUT2D eigenvalue weighted by molar-refractivity contribution is 9.11. The Balaban J connectivity index is 1.59. The molecule has 1 aliphatic rings. The van der Waals surface area contributed by atoms with Gasteiger partial charge in [0.05, 0.1) is 31.0 Å². The molecule has 33 heavy (non-hydrogen) atoms. The van der Waals surface area contributed by atoms with Crippen LogP contribution in [-0.4, -0.2) is 54.6 Å². The SMILES string of the molecule is COc1c(Br)cc(Br)cc1/C=N\Nc1nc(Nc2ccc(F)cc2)nc(N2CCOCC2)n1. The van der Waals surface area contributed by atoms with Crippen molar-refractivity contribution in [3.8, 4) is 5.75 Å².